The van der Waals surface area contributed by atoms with Gasteiger partial charge in [-0.15, -0.1) is 0 Å². The van der Waals surface area contributed by atoms with Crippen LogP contribution in [0.2, 0.25) is 0 Å². The normalized spacial score (nSPS) is 17.9. The predicted octanol–water partition coefficient (Wildman–Crippen LogP) is 3.21. The van der Waals surface area contributed by atoms with Crippen LogP contribution in [0.5, 0.6) is 0 Å². The molecule has 2 N–H and O–H groups in total. The van der Waals surface area contributed by atoms with E-state index in [0.717, 1.165) is 19.3 Å². The van der Waals surface area contributed by atoms with Gasteiger partial charge >= 0.3 is 5.97 Å². The maximum absolute atomic E-state index is 11.9. The zero-order valence-corrected chi connectivity index (χ0v) is 12.9. The number of nitrogens with one attached hydrogen (secondary N) is 1. The van der Waals surface area contributed by atoms with Gasteiger partial charge in [0, 0.05) is 19.4 Å². The number of amides is 1. The highest BCUT2D eigenvalue weighted by atomic mass is 16.4. The lowest BCUT2D eigenvalue weighted by Gasteiger charge is -2.22. The molecule has 4 heteroatoms. The summed E-state index contributed by atoms with van der Waals surface area (Å²) in [5, 5.41) is 11.8. The summed E-state index contributed by atoms with van der Waals surface area (Å²) < 4.78 is 0. The molecule has 1 aliphatic carbocycles. The summed E-state index contributed by atoms with van der Waals surface area (Å²) in [6, 6.07) is 0. The van der Waals surface area contributed by atoms with Crippen LogP contribution in [0, 0.1) is 17.8 Å². The minimum atomic E-state index is -0.780. The summed E-state index contributed by atoms with van der Waals surface area (Å²) in [6.07, 6.45) is 7.71. The van der Waals surface area contributed by atoms with Crippen LogP contribution >= 0.6 is 0 Å². The standard InChI is InChI=1S/C16H29NO3/c1-12(2)8-14(10-16(19)20)11-17-15(18)9-13-6-4-3-5-7-13/h12-14H,3-11H2,1-2H3,(H,17,18)(H,19,20)/t14-/m0/s1. The Morgan fingerprint density at radius 2 is 1.85 bits per heavy atom. The number of carbonyl (C=O) groups is 2. The van der Waals surface area contributed by atoms with Crippen LogP contribution in [0.3, 0.4) is 0 Å². The molecule has 1 fully saturated rings. The van der Waals surface area contributed by atoms with E-state index in [4.69, 9.17) is 5.11 Å². The second-order valence-electron chi connectivity index (χ2n) is 6.61. The lowest BCUT2D eigenvalue weighted by molar-refractivity contribution is -0.138. The maximum atomic E-state index is 11.9. The summed E-state index contributed by atoms with van der Waals surface area (Å²) >= 11 is 0. The molecule has 0 radical (unpaired) electrons. The Kier molecular flexibility index (Phi) is 7.63. The highest BCUT2D eigenvalue weighted by Gasteiger charge is 2.19. The van der Waals surface area contributed by atoms with Crippen LogP contribution in [-0.4, -0.2) is 23.5 Å². The first kappa shape index (κ1) is 17.0. The third-order valence-electron chi connectivity index (χ3n) is 4.05. The summed E-state index contributed by atoms with van der Waals surface area (Å²) in [5.74, 6) is 0.345. The Bertz CT molecular complexity index is 309. The molecule has 1 amide bonds. The largest absolute Gasteiger partial charge is 0.481 e. The van der Waals surface area contributed by atoms with E-state index in [1.807, 2.05) is 0 Å². The number of hydrogen-bond donors (Lipinski definition) is 2. The van der Waals surface area contributed by atoms with E-state index in [1.54, 1.807) is 0 Å². The predicted molar refractivity (Wildman–Crippen MR) is 79.4 cm³/mol. The molecule has 4 nitrogen and oxygen atoms in total. The van der Waals surface area contributed by atoms with Gasteiger partial charge < -0.3 is 10.4 Å². The minimum Gasteiger partial charge on any atom is -0.481 e. The van der Waals surface area contributed by atoms with E-state index in [0.29, 0.717) is 24.8 Å². The van der Waals surface area contributed by atoms with Crippen molar-refractivity contribution >= 4 is 11.9 Å². The Balaban J connectivity index is 2.29. The van der Waals surface area contributed by atoms with Crippen molar-refractivity contribution < 1.29 is 14.7 Å². The van der Waals surface area contributed by atoms with E-state index < -0.39 is 5.97 Å². The summed E-state index contributed by atoms with van der Waals surface area (Å²) in [5.41, 5.74) is 0. The van der Waals surface area contributed by atoms with Gasteiger partial charge in [-0.05, 0) is 37.0 Å². The maximum Gasteiger partial charge on any atom is 0.303 e. The van der Waals surface area contributed by atoms with Crippen molar-refractivity contribution in [1.82, 2.24) is 5.32 Å². The molecule has 0 saturated heterocycles. The highest BCUT2D eigenvalue weighted by molar-refractivity contribution is 5.76. The Hall–Kier alpha value is -1.06. The molecule has 1 rings (SSSR count). The molecule has 0 spiro atoms. The van der Waals surface area contributed by atoms with E-state index in [1.165, 1.54) is 19.3 Å². The van der Waals surface area contributed by atoms with Crippen molar-refractivity contribution in [3.8, 4) is 0 Å². The van der Waals surface area contributed by atoms with E-state index >= 15 is 0 Å². The van der Waals surface area contributed by atoms with Gasteiger partial charge in [0.2, 0.25) is 5.91 Å². The smallest absolute Gasteiger partial charge is 0.303 e. The fraction of sp³-hybridized carbons (Fsp3) is 0.875. The number of aliphatic carboxylic acids is 1. The molecule has 1 aliphatic rings. The summed E-state index contributed by atoms with van der Waals surface area (Å²) in [7, 11) is 0. The van der Waals surface area contributed by atoms with Crippen molar-refractivity contribution in [3.05, 3.63) is 0 Å². The number of carboxylic acid groups (broad SMARTS) is 1. The third kappa shape index (κ3) is 7.51. The zero-order chi connectivity index (χ0) is 15.0. The number of carboxylic acids is 1. The zero-order valence-electron chi connectivity index (χ0n) is 12.9. The van der Waals surface area contributed by atoms with Crippen LogP contribution < -0.4 is 5.32 Å². The molecule has 0 aromatic heterocycles. The van der Waals surface area contributed by atoms with Crippen molar-refractivity contribution in [2.24, 2.45) is 17.8 Å². The van der Waals surface area contributed by atoms with Gasteiger partial charge in [-0.3, -0.25) is 9.59 Å². The van der Waals surface area contributed by atoms with Crippen molar-refractivity contribution in [3.63, 3.8) is 0 Å². The van der Waals surface area contributed by atoms with Crippen molar-refractivity contribution in [2.75, 3.05) is 6.54 Å². The lowest BCUT2D eigenvalue weighted by Crippen LogP contribution is -2.32. The van der Waals surface area contributed by atoms with Crippen LogP contribution in [0.25, 0.3) is 0 Å². The van der Waals surface area contributed by atoms with Crippen LogP contribution in [0.4, 0.5) is 0 Å². The lowest BCUT2D eigenvalue weighted by atomic mass is 9.86. The SMILES string of the molecule is CC(C)C[C@H](CNC(=O)CC1CCCCC1)CC(=O)O. The summed E-state index contributed by atoms with van der Waals surface area (Å²) in [6.45, 7) is 4.66. The molecule has 116 valence electrons. The van der Waals surface area contributed by atoms with Crippen LogP contribution in [0.15, 0.2) is 0 Å². The van der Waals surface area contributed by atoms with Crippen LogP contribution in [0.1, 0.15) is 65.2 Å². The number of rotatable bonds is 8. The molecule has 1 atom stereocenters. The molecule has 0 heterocycles. The van der Waals surface area contributed by atoms with Crippen molar-refractivity contribution in [2.45, 2.75) is 65.2 Å². The van der Waals surface area contributed by atoms with Gasteiger partial charge in [-0.25, -0.2) is 0 Å². The molecule has 0 aromatic carbocycles. The van der Waals surface area contributed by atoms with Gasteiger partial charge in [0.05, 0.1) is 0 Å². The first-order valence-electron chi connectivity index (χ1n) is 7.95. The highest BCUT2D eigenvalue weighted by Crippen LogP contribution is 2.26. The third-order valence-corrected chi connectivity index (χ3v) is 4.05. The van der Waals surface area contributed by atoms with E-state index in [-0.39, 0.29) is 18.2 Å². The van der Waals surface area contributed by atoms with Gasteiger partial charge in [0.15, 0.2) is 0 Å². The fourth-order valence-corrected chi connectivity index (χ4v) is 3.14. The average molecular weight is 283 g/mol. The second-order valence-corrected chi connectivity index (χ2v) is 6.61. The van der Waals surface area contributed by atoms with Gasteiger partial charge in [-0.1, -0.05) is 33.1 Å². The molecule has 0 aliphatic heterocycles. The fourth-order valence-electron chi connectivity index (χ4n) is 3.14. The van der Waals surface area contributed by atoms with E-state index in [2.05, 4.69) is 19.2 Å². The topological polar surface area (TPSA) is 66.4 Å². The van der Waals surface area contributed by atoms with Crippen molar-refractivity contribution in [1.29, 1.82) is 0 Å². The minimum absolute atomic E-state index is 0.0443. The molecule has 0 bridgehead atoms. The van der Waals surface area contributed by atoms with Gasteiger partial charge in [0.1, 0.15) is 0 Å². The Morgan fingerprint density at radius 3 is 2.40 bits per heavy atom. The molecule has 0 unspecified atom stereocenters. The van der Waals surface area contributed by atoms with E-state index in [9.17, 15) is 9.59 Å². The average Bonchev–Trinajstić information content (AvgIpc) is 2.36. The van der Waals surface area contributed by atoms with Gasteiger partial charge in [0.25, 0.3) is 0 Å². The molecular weight excluding hydrogens is 254 g/mol. The number of carbonyl (C=O) groups excluding carboxylic acids is 1. The Labute approximate surface area is 122 Å². The first-order chi connectivity index (χ1) is 9.47. The second kappa shape index (κ2) is 8.98. The quantitative estimate of drug-likeness (QED) is 0.719. The monoisotopic (exact) mass is 283 g/mol. The molecule has 0 aromatic rings. The first-order valence-corrected chi connectivity index (χ1v) is 7.95. The number of hydrogen-bond acceptors (Lipinski definition) is 2. The van der Waals surface area contributed by atoms with Gasteiger partial charge in [-0.2, -0.15) is 0 Å². The molecule has 1 saturated carbocycles. The molecule has 20 heavy (non-hydrogen) atoms. The Morgan fingerprint density at radius 1 is 1.20 bits per heavy atom. The summed E-state index contributed by atoms with van der Waals surface area (Å²) in [4.78, 5) is 22.8. The molecular formula is C16H29NO3. The van der Waals surface area contributed by atoms with Crippen LogP contribution in [-0.2, 0) is 9.59 Å².